The average molecular weight is 349 g/mol. The molecule has 1 atom stereocenters. The lowest BCUT2D eigenvalue weighted by Gasteiger charge is -2.37. The van der Waals surface area contributed by atoms with E-state index in [1.165, 1.54) is 0 Å². The van der Waals surface area contributed by atoms with Crippen LogP contribution < -0.4 is 14.8 Å². The summed E-state index contributed by atoms with van der Waals surface area (Å²) in [5.41, 5.74) is 0.0114. The summed E-state index contributed by atoms with van der Waals surface area (Å²) < 4.78 is 11.2. The minimum Gasteiger partial charge on any atom is -0.490 e. The normalized spacial score (nSPS) is 16.4. The van der Waals surface area contributed by atoms with Crippen molar-refractivity contribution in [2.45, 2.75) is 52.5 Å². The number of hydrogen-bond acceptors (Lipinski definition) is 4. The first kappa shape index (κ1) is 19.1. The zero-order valence-corrected chi connectivity index (χ0v) is 15.1. The monoisotopic (exact) mass is 349 g/mol. The molecule has 1 amide bonds. The van der Waals surface area contributed by atoms with Gasteiger partial charge in [0.15, 0.2) is 11.5 Å². The first-order valence-corrected chi connectivity index (χ1v) is 8.84. The molecular weight excluding hydrogens is 322 g/mol. The Morgan fingerprint density at radius 1 is 1.20 bits per heavy atom. The van der Waals surface area contributed by atoms with Gasteiger partial charge in [0.1, 0.15) is 0 Å². The first-order valence-electron chi connectivity index (χ1n) is 8.84. The van der Waals surface area contributed by atoms with Crippen LogP contribution in [0.4, 0.5) is 0 Å². The van der Waals surface area contributed by atoms with Gasteiger partial charge in [0.25, 0.3) is 0 Å². The minimum absolute atomic E-state index is 0.0298. The number of carbonyl (C=O) groups is 2. The Hall–Kier alpha value is -2.24. The van der Waals surface area contributed by atoms with Gasteiger partial charge in [0, 0.05) is 6.42 Å². The molecular formula is C19H27NO5. The Bertz CT molecular complexity index is 624. The Labute approximate surface area is 148 Å². The van der Waals surface area contributed by atoms with Crippen LogP contribution in [0.5, 0.6) is 11.5 Å². The maximum Gasteiger partial charge on any atom is 0.310 e. The Morgan fingerprint density at radius 2 is 1.84 bits per heavy atom. The van der Waals surface area contributed by atoms with Gasteiger partial charge in [-0.1, -0.05) is 12.5 Å². The highest BCUT2D eigenvalue weighted by atomic mass is 16.5. The van der Waals surface area contributed by atoms with Gasteiger partial charge in [0.2, 0.25) is 5.91 Å². The van der Waals surface area contributed by atoms with Crippen LogP contribution in [0.25, 0.3) is 0 Å². The van der Waals surface area contributed by atoms with Crippen LogP contribution in [0.2, 0.25) is 0 Å². The van der Waals surface area contributed by atoms with E-state index in [4.69, 9.17) is 9.47 Å². The van der Waals surface area contributed by atoms with E-state index in [0.29, 0.717) is 37.6 Å². The maximum absolute atomic E-state index is 12.3. The number of hydrogen-bond donors (Lipinski definition) is 2. The number of carbonyl (C=O) groups excluding carboxylic acids is 1. The van der Waals surface area contributed by atoms with Crippen molar-refractivity contribution in [3.05, 3.63) is 23.8 Å². The summed E-state index contributed by atoms with van der Waals surface area (Å²) in [7, 11) is 0. The smallest absolute Gasteiger partial charge is 0.310 e. The summed E-state index contributed by atoms with van der Waals surface area (Å²) in [5.74, 6) is 0.206. The zero-order chi connectivity index (χ0) is 18.4. The van der Waals surface area contributed by atoms with Crippen LogP contribution in [-0.4, -0.2) is 30.2 Å². The second kappa shape index (κ2) is 8.23. The summed E-state index contributed by atoms with van der Waals surface area (Å²) in [6, 6.07) is 5.33. The molecule has 2 N–H and O–H groups in total. The van der Waals surface area contributed by atoms with Crippen LogP contribution in [0, 0.1) is 5.41 Å². The third kappa shape index (κ3) is 4.44. The molecule has 0 bridgehead atoms. The summed E-state index contributed by atoms with van der Waals surface area (Å²) in [6.07, 6.45) is 2.04. The molecule has 0 heterocycles. The van der Waals surface area contributed by atoms with Crippen LogP contribution in [0.1, 0.15) is 58.1 Å². The van der Waals surface area contributed by atoms with Gasteiger partial charge in [0.05, 0.1) is 24.7 Å². The number of amides is 1. The fourth-order valence-electron chi connectivity index (χ4n) is 3.09. The molecule has 1 unspecified atom stereocenters. The Kier molecular flexibility index (Phi) is 6.28. The van der Waals surface area contributed by atoms with Crippen LogP contribution in [0.15, 0.2) is 18.2 Å². The summed E-state index contributed by atoms with van der Waals surface area (Å²) in [5, 5.41) is 12.2. The average Bonchev–Trinajstić information content (AvgIpc) is 2.52. The van der Waals surface area contributed by atoms with Crippen molar-refractivity contribution in [2.24, 2.45) is 5.41 Å². The Balaban J connectivity index is 2.04. The van der Waals surface area contributed by atoms with E-state index in [9.17, 15) is 14.7 Å². The first-order chi connectivity index (χ1) is 11.9. The largest absolute Gasteiger partial charge is 0.490 e. The van der Waals surface area contributed by atoms with Crippen molar-refractivity contribution >= 4 is 11.9 Å². The van der Waals surface area contributed by atoms with Gasteiger partial charge in [-0.2, -0.15) is 0 Å². The third-order valence-electron chi connectivity index (χ3n) is 4.71. The summed E-state index contributed by atoms with van der Waals surface area (Å²) >= 11 is 0. The van der Waals surface area contributed by atoms with Gasteiger partial charge < -0.3 is 19.9 Å². The standard InChI is InChI=1S/C19H27NO5/c1-4-24-15-8-7-14(11-16(15)25-5-2)13(3)20-17(21)12-19(18(22)23)9-6-10-19/h7-8,11,13H,4-6,9-10,12H2,1-3H3,(H,20,21)(H,22,23). The number of ether oxygens (including phenoxy) is 2. The van der Waals surface area contributed by atoms with Crippen molar-refractivity contribution < 1.29 is 24.2 Å². The SMILES string of the molecule is CCOc1ccc(C(C)NC(=O)CC2(C(=O)O)CCC2)cc1OCC. The topological polar surface area (TPSA) is 84.9 Å². The molecule has 1 fully saturated rings. The van der Waals surface area contributed by atoms with E-state index in [2.05, 4.69) is 5.32 Å². The van der Waals surface area contributed by atoms with E-state index in [1.54, 1.807) is 0 Å². The van der Waals surface area contributed by atoms with E-state index < -0.39 is 11.4 Å². The van der Waals surface area contributed by atoms with Gasteiger partial charge in [-0.15, -0.1) is 0 Å². The second-order valence-corrected chi connectivity index (χ2v) is 6.48. The van der Waals surface area contributed by atoms with Crippen molar-refractivity contribution in [2.75, 3.05) is 13.2 Å². The highest BCUT2D eigenvalue weighted by Gasteiger charge is 2.46. The predicted molar refractivity (Wildman–Crippen MR) is 93.9 cm³/mol. The van der Waals surface area contributed by atoms with Crippen molar-refractivity contribution in [1.29, 1.82) is 0 Å². The van der Waals surface area contributed by atoms with Gasteiger partial charge >= 0.3 is 5.97 Å². The maximum atomic E-state index is 12.3. The number of carboxylic acid groups (broad SMARTS) is 1. The van der Waals surface area contributed by atoms with E-state index in [0.717, 1.165) is 12.0 Å². The number of carboxylic acids is 1. The van der Waals surface area contributed by atoms with Crippen LogP contribution in [0.3, 0.4) is 0 Å². The van der Waals surface area contributed by atoms with E-state index in [-0.39, 0.29) is 18.4 Å². The van der Waals surface area contributed by atoms with E-state index >= 15 is 0 Å². The minimum atomic E-state index is -0.876. The number of nitrogens with one attached hydrogen (secondary N) is 1. The molecule has 1 aromatic carbocycles. The Morgan fingerprint density at radius 3 is 2.36 bits per heavy atom. The second-order valence-electron chi connectivity index (χ2n) is 6.48. The van der Waals surface area contributed by atoms with Crippen molar-refractivity contribution in [1.82, 2.24) is 5.32 Å². The fourth-order valence-corrected chi connectivity index (χ4v) is 3.09. The quantitative estimate of drug-likeness (QED) is 0.714. The predicted octanol–water partition coefficient (Wildman–Crippen LogP) is 3.31. The van der Waals surface area contributed by atoms with Crippen molar-refractivity contribution in [3.63, 3.8) is 0 Å². The van der Waals surface area contributed by atoms with Crippen LogP contribution >= 0.6 is 0 Å². The molecule has 25 heavy (non-hydrogen) atoms. The molecule has 0 aromatic heterocycles. The summed E-state index contributed by atoms with van der Waals surface area (Å²) in [6.45, 7) is 6.74. The lowest BCUT2D eigenvalue weighted by molar-refractivity contribution is -0.157. The molecule has 1 aliphatic carbocycles. The molecule has 1 saturated carbocycles. The van der Waals surface area contributed by atoms with Gasteiger partial charge in [-0.3, -0.25) is 9.59 Å². The molecule has 0 aliphatic heterocycles. The summed E-state index contributed by atoms with van der Waals surface area (Å²) in [4.78, 5) is 23.7. The molecule has 0 saturated heterocycles. The number of rotatable bonds is 9. The number of benzene rings is 1. The highest BCUT2D eigenvalue weighted by Crippen LogP contribution is 2.44. The molecule has 6 nitrogen and oxygen atoms in total. The highest BCUT2D eigenvalue weighted by molar-refractivity contribution is 5.85. The molecule has 0 spiro atoms. The molecule has 2 rings (SSSR count). The van der Waals surface area contributed by atoms with E-state index in [1.807, 2.05) is 39.0 Å². The molecule has 1 aromatic rings. The lowest BCUT2D eigenvalue weighted by Crippen LogP contribution is -2.43. The lowest BCUT2D eigenvalue weighted by atomic mass is 9.66. The number of aliphatic carboxylic acids is 1. The van der Waals surface area contributed by atoms with Gasteiger partial charge in [-0.25, -0.2) is 0 Å². The van der Waals surface area contributed by atoms with Crippen LogP contribution in [-0.2, 0) is 9.59 Å². The third-order valence-corrected chi connectivity index (χ3v) is 4.71. The zero-order valence-electron chi connectivity index (χ0n) is 15.1. The molecule has 138 valence electrons. The fraction of sp³-hybridized carbons (Fsp3) is 0.579. The molecule has 1 aliphatic rings. The van der Waals surface area contributed by atoms with Gasteiger partial charge in [-0.05, 0) is 51.3 Å². The van der Waals surface area contributed by atoms with Crippen molar-refractivity contribution in [3.8, 4) is 11.5 Å². The molecule has 0 radical (unpaired) electrons. The molecule has 6 heteroatoms.